The molecule has 1 aromatic rings. The predicted octanol–water partition coefficient (Wildman–Crippen LogP) is 3.69. The van der Waals surface area contributed by atoms with Gasteiger partial charge in [0.15, 0.2) is 5.78 Å². The highest BCUT2D eigenvalue weighted by molar-refractivity contribution is 9.10. The molecule has 2 nitrogen and oxygen atoms in total. The molecule has 0 aliphatic rings. The lowest BCUT2D eigenvalue weighted by Crippen LogP contribution is -2.20. The van der Waals surface area contributed by atoms with Gasteiger partial charge in [0, 0.05) is 9.89 Å². The van der Waals surface area contributed by atoms with Crippen molar-refractivity contribution in [2.24, 2.45) is 5.41 Å². The maximum Gasteiger partial charge on any atom is 0.171 e. The molecule has 15 heavy (non-hydrogen) atoms. The van der Waals surface area contributed by atoms with E-state index in [-0.39, 0.29) is 11.2 Å². The van der Waals surface area contributed by atoms with Crippen LogP contribution in [0.1, 0.15) is 31.1 Å². The molecule has 0 saturated heterocycles. The zero-order chi connectivity index (χ0) is 11.6. The van der Waals surface area contributed by atoms with Gasteiger partial charge in [0.2, 0.25) is 0 Å². The first-order valence-electron chi connectivity index (χ1n) is 4.74. The summed E-state index contributed by atoms with van der Waals surface area (Å²) in [5, 5.41) is 0. The zero-order valence-corrected chi connectivity index (χ0v) is 11.0. The highest BCUT2D eigenvalue weighted by Crippen LogP contribution is 2.29. The summed E-state index contributed by atoms with van der Waals surface area (Å²) < 4.78 is 6.10. The second-order valence-corrected chi connectivity index (χ2v) is 5.34. The molecule has 0 unspecified atom stereocenters. The number of halogens is 1. The van der Waals surface area contributed by atoms with Gasteiger partial charge in [-0.15, -0.1) is 0 Å². The first kappa shape index (κ1) is 12.2. The summed E-state index contributed by atoms with van der Waals surface area (Å²) in [6.07, 6.45) is 0. The Balaban J connectivity index is 3.20. The molecule has 0 aliphatic carbocycles. The lowest BCUT2D eigenvalue weighted by Gasteiger charge is -2.18. The molecule has 0 aliphatic heterocycles. The number of hydrogen-bond donors (Lipinski definition) is 0. The molecule has 82 valence electrons. The number of carbonyl (C=O) groups is 1. The first-order valence-corrected chi connectivity index (χ1v) is 5.54. The molecule has 0 aromatic heterocycles. The van der Waals surface area contributed by atoms with Crippen molar-refractivity contribution in [2.75, 3.05) is 7.11 Å². The van der Waals surface area contributed by atoms with E-state index in [9.17, 15) is 4.79 Å². The van der Waals surface area contributed by atoms with E-state index in [1.807, 2.05) is 26.8 Å². The molecule has 0 atom stereocenters. The quantitative estimate of drug-likeness (QED) is 0.767. The molecule has 1 rings (SSSR count). The van der Waals surface area contributed by atoms with E-state index in [1.54, 1.807) is 19.2 Å². The van der Waals surface area contributed by atoms with Gasteiger partial charge in [0.25, 0.3) is 0 Å². The Labute approximate surface area is 98.8 Å². The maximum absolute atomic E-state index is 12.1. The van der Waals surface area contributed by atoms with Crippen LogP contribution in [0.25, 0.3) is 0 Å². The van der Waals surface area contributed by atoms with Crippen molar-refractivity contribution < 1.29 is 9.53 Å². The molecule has 1 aromatic carbocycles. The summed E-state index contributed by atoms with van der Waals surface area (Å²) in [5.41, 5.74) is 0.245. The van der Waals surface area contributed by atoms with Crippen LogP contribution in [0.2, 0.25) is 0 Å². The van der Waals surface area contributed by atoms with Crippen LogP contribution in [0.15, 0.2) is 22.7 Å². The van der Waals surface area contributed by atoms with E-state index in [2.05, 4.69) is 15.9 Å². The van der Waals surface area contributed by atoms with E-state index < -0.39 is 0 Å². The first-order chi connectivity index (χ1) is 6.86. The summed E-state index contributed by atoms with van der Waals surface area (Å²) in [5.74, 6) is 0.705. The Bertz CT molecular complexity index is 378. The molecule has 3 heteroatoms. The van der Waals surface area contributed by atoms with Crippen molar-refractivity contribution >= 4 is 21.7 Å². The van der Waals surface area contributed by atoms with E-state index in [0.29, 0.717) is 11.3 Å². The molecule has 0 N–H and O–H groups in total. The van der Waals surface area contributed by atoms with E-state index >= 15 is 0 Å². The van der Waals surface area contributed by atoms with Crippen molar-refractivity contribution in [2.45, 2.75) is 20.8 Å². The minimum Gasteiger partial charge on any atom is -0.496 e. The van der Waals surface area contributed by atoms with Crippen molar-refractivity contribution in [3.05, 3.63) is 28.2 Å². The molecule has 0 spiro atoms. The Morgan fingerprint density at radius 3 is 2.40 bits per heavy atom. The van der Waals surface area contributed by atoms with Crippen LogP contribution in [0.5, 0.6) is 5.75 Å². The third kappa shape index (κ3) is 2.81. The summed E-state index contributed by atoms with van der Waals surface area (Å²) in [4.78, 5) is 12.1. The Morgan fingerprint density at radius 2 is 1.93 bits per heavy atom. The lowest BCUT2D eigenvalue weighted by molar-refractivity contribution is 0.0855. The summed E-state index contributed by atoms with van der Waals surface area (Å²) in [6, 6.07) is 5.44. The molecule has 0 bridgehead atoms. The third-order valence-corrected chi connectivity index (χ3v) is 2.58. The number of methoxy groups -OCH3 is 1. The van der Waals surface area contributed by atoms with Crippen molar-refractivity contribution in [1.29, 1.82) is 0 Å². The normalized spacial score (nSPS) is 11.3. The Kier molecular flexibility index (Phi) is 3.55. The van der Waals surface area contributed by atoms with Gasteiger partial charge >= 0.3 is 0 Å². The van der Waals surface area contributed by atoms with E-state index in [1.165, 1.54) is 0 Å². The number of ketones is 1. The smallest absolute Gasteiger partial charge is 0.171 e. The summed E-state index contributed by atoms with van der Waals surface area (Å²) in [7, 11) is 1.57. The second-order valence-electron chi connectivity index (χ2n) is 4.42. The molecule has 0 saturated carbocycles. The van der Waals surface area contributed by atoms with E-state index in [0.717, 1.165) is 4.47 Å². The van der Waals surface area contributed by atoms with Crippen LogP contribution in [0, 0.1) is 5.41 Å². The number of benzene rings is 1. The van der Waals surface area contributed by atoms with Gasteiger partial charge in [0.05, 0.1) is 12.7 Å². The maximum atomic E-state index is 12.1. The fourth-order valence-electron chi connectivity index (χ4n) is 1.26. The Hall–Kier alpha value is -0.830. The van der Waals surface area contributed by atoms with Gasteiger partial charge in [-0.3, -0.25) is 4.79 Å². The fraction of sp³-hybridized carbons (Fsp3) is 0.417. The van der Waals surface area contributed by atoms with Crippen molar-refractivity contribution in [1.82, 2.24) is 0 Å². The highest BCUT2D eigenvalue weighted by Gasteiger charge is 2.25. The predicted molar refractivity (Wildman–Crippen MR) is 64.5 cm³/mol. The minimum atomic E-state index is -0.388. The third-order valence-electron chi connectivity index (χ3n) is 2.09. The monoisotopic (exact) mass is 270 g/mol. The Morgan fingerprint density at radius 1 is 1.33 bits per heavy atom. The highest BCUT2D eigenvalue weighted by atomic mass is 79.9. The van der Waals surface area contributed by atoms with Crippen molar-refractivity contribution in [3.63, 3.8) is 0 Å². The minimum absolute atomic E-state index is 0.0897. The van der Waals surface area contributed by atoms with Crippen LogP contribution in [0.3, 0.4) is 0 Å². The number of rotatable bonds is 2. The van der Waals surface area contributed by atoms with Crippen molar-refractivity contribution in [3.8, 4) is 5.75 Å². The number of hydrogen-bond acceptors (Lipinski definition) is 2. The average Bonchev–Trinajstić information content (AvgIpc) is 2.15. The van der Waals surface area contributed by atoms with Gasteiger partial charge in [-0.1, -0.05) is 36.7 Å². The molecule has 0 amide bonds. The summed E-state index contributed by atoms with van der Waals surface area (Å²) in [6.45, 7) is 5.70. The number of ether oxygens (including phenoxy) is 1. The summed E-state index contributed by atoms with van der Waals surface area (Å²) >= 11 is 3.35. The topological polar surface area (TPSA) is 26.3 Å². The van der Waals surface area contributed by atoms with Gasteiger partial charge in [-0.25, -0.2) is 0 Å². The largest absolute Gasteiger partial charge is 0.496 e. The zero-order valence-electron chi connectivity index (χ0n) is 9.43. The van der Waals surface area contributed by atoms with Crippen LogP contribution in [0.4, 0.5) is 0 Å². The standard InChI is InChI=1S/C12H15BrO2/c1-12(2,3)11(14)9-6-5-8(13)7-10(9)15-4/h5-7H,1-4H3. The number of carbonyl (C=O) groups excluding carboxylic acids is 1. The van der Waals surface area contributed by atoms with Gasteiger partial charge in [0.1, 0.15) is 5.75 Å². The van der Waals surface area contributed by atoms with Crippen LogP contribution >= 0.6 is 15.9 Å². The molecule has 0 heterocycles. The molecule has 0 radical (unpaired) electrons. The second kappa shape index (κ2) is 4.35. The lowest BCUT2D eigenvalue weighted by atomic mass is 9.86. The van der Waals surface area contributed by atoms with Crippen LogP contribution < -0.4 is 4.74 Å². The van der Waals surface area contributed by atoms with Crippen LogP contribution in [-0.4, -0.2) is 12.9 Å². The van der Waals surface area contributed by atoms with Gasteiger partial charge in [-0.2, -0.15) is 0 Å². The fourth-order valence-corrected chi connectivity index (χ4v) is 1.60. The van der Waals surface area contributed by atoms with Crippen LogP contribution in [-0.2, 0) is 0 Å². The van der Waals surface area contributed by atoms with Gasteiger partial charge < -0.3 is 4.74 Å². The van der Waals surface area contributed by atoms with E-state index in [4.69, 9.17) is 4.74 Å². The molecular formula is C12H15BrO2. The SMILES string of the molecule is COc1cc(Br)ccc1C(=O)C(C)(C)C. The number of Topliss-reactive ketones (excluding diaryl/α,β-unsaturated/α-hetero) is 1. The van der Waals surface area contributed by atoms with Gasteiger partial charge in [-0.05, 0) is 18.2 Å². The molecular weight excluding hydrogens is 256 g/mol. The average molecular weight is 271 g/mol. The molecule has 0 fully saturated rings.